The lowest BCUT2D eigenvalue weighted by molar-refractivity contribution is 0.0913. The first-order valence-corrected chi connectivity index (χ1v) is 7.75. The molecule has 128 valence electrons. The zero-order valence-electron chi connectivity index (χ0n) is 14.6. The third-order valence-electron chi connectivity index (χ3n) is 3.38. The van der Waals surface area contributed by atoms with Crippen molar-refractivity contribution in [2.45, 2.75) is 39.3 Å². The van der Waals surface area contributed by atoms with Gasteiger partial charge in [-0.25, -0.2) is 0 Å². The topological polar surface area (TPSA) is 88.9 Å². The molecule has 2 aromatic rings. The average molecular weight is 329 g/mol. The predicted octanol–water partition coefficient (Wildman–Crippen LogP) is 1.83. The standard InChI is InChI=1S/C17H23N5O2/c1-11(14-21-18-10-22(14)5)19-15(23)12-6-8-13(9-7-12)16(24)20-17(2,3)4/h6-11H,1-5H3,(H,19,23)(H,20,24)/t11-/m1/s1. The number of aryl methyl sites for hydroxylation is 1. The summed E-state index contributed by atoms with van der Waals surface area (Å²) in [6.45, 7) is 7.59. The molecule has 1 aromatic carbocycles. The van der Waals surface area contributed by atoms with E-state index in [1.165, 1.54) is 0 Å². The Hall–Kier alpha value is -2.70. The molecule has 0 radical (unpaired) electrons. The van der Waals surface area contributed by atoms with Crippen molar-refractivity contribution in [2.24, 2.45) is 7.05 Å². The monoisotopic (exact) mass is 329 g/mol. The van der Waals surface area contributed by atoms with Crippen LogP contribution in [0.15, 0.2) is 30.6 Å². The number of nitrogens with one attached hydrogen (secondary N) is 2. The maximum atomic E-state index is 12.3. The number of rotatable bonds is 4. The quantitative estimate of drug-likeness (QED) is 0.895. The SMILES string of the molecule is C[C@@H](NC(=O)c1ccc(C(=O)NC(C)(C)C)cc1)c1nncn1C. The highest BCUT2D eigenvalue weighted by atomic mass is 16.2. The number of benzene rings is 1. The van der Waals surface area contributed by atoms with Gasteiger partial charge in [-0.3, -0.25) is 9.59 Å². The van der Waals surface area contributed by atoms with Crippen LogP contribution in [-0.2, 0) is 7.05 Å². The molecule has 0 saturated carbocycles. The van der Waals surface area contributed by atoms with E-state index in [0.717, 1.165) is 0 Å². The molecule has 1 aromatic heterocycles. The Bertz CT molecular complexity index is 728. The zero-order valence-corrected chi connectivity index (χ0v) is 14.6. The first-order valence-electron chi connectivity index (χ1n) is 7.75. The van der Waals surface area contributed by atoms with E-state index in [9.17, 15) is 9.59 Å². The van der Waals surface area contributed by atoms with Gasteiger partial charge in [-0.05, 0) is 52.0 Å². The van der Waals surface area contributed by atoms with E-state index in [1.807, 2.05) is 34.7 Å². The van der Waals surface area contributed by atoms with Gasteiger partial charge in [0.2, 0.25) is 0 Å². The Balaban J connectivity index is 2.03. The van der Waals surface area contributed by atoms with Crippen molar-refractivity contribution in [2.75, 3.05) is 0 Å². The highest BCUT2D eigenvalue weighted by Crippen LogP contribution is 2.11. The lowest BCUT2D eigenvalue weighted by Gasteiger charge is -2.20. The minimum absolute atomic E-state index is 0.165. The molecule has 0 aliphatic rings. The average Bonchev–Trinajstić information content (AvgIpc) is 2.92. The van der Waals surface area contributed by atoms with Crippen LogP contribution in [0.5, 0.6) is 0 Å². The van der Waals surface area contributed by atoms with E-state index < -0.39 is 0 Å². The number of amides is 2. The molecule has 0 fully saturated rings. The van der Waals surface area contributed by atoms with Crippen molar-refractivity contribution in [3.8, 4) is 0 Å². The second-order valence-corrected chi connectivity index (χ2v) is 6.78. The van der Waals surface area contributed by atoms with Gasteiger partial charge in [0.15, 0.2) is 5.82 Å². The smallest absolute Gasteiger partial charge is 0.251 e. The molecule has 0 aliphatic heterocycles. The van der Waals surface area contributed by atoms with Crippen LogP contribution in [0.4, 0.5) is 0 Å². The molecule has 2 amide bonds. The lowest BCUT2D eigenvalue weighted by atomic mass is 10.1. The minimum atomic E-state index is -0.307. The molecule has 1 atom stereocenters. The van der Waals surface area contributed by atoms with Crippen molar-refractivity contribution in [1.29, 1.82) is 0 Å². The van der Waals surface area contributed by atoms with Gasteiger partial charge < -0.3 is 15.2 Å². The van der Waals surface area contributed by atoms with Crippen LogP contribution in [0.1, 0.15) is 60.3 Å². The molecular weight excluding hydrogens is 306 g/mol. The van der Waals surface area contributed by atoms with Gasteiger partial charge in [-0.2, -0.15) is 0 Å². The van der Waals surface area contributed by atoms with Crippen LogP contribution < -0.4 is 10.6 Å². The molecule has 24 heavy (non-hydrogen) atoms. The summed E-state index contributed by atoms with van der Waals surface area (Å²) in [5.74, 6) is 0.278. The normalized spacial score (nSPS) is 12.5. The van der Waals surface area contributed by atoms with Crippen LogP contribution in [0.25, 0.3) is 0 Å². The molecular formula is C17H23N5O2. The number of carbonyl (C=O) groups is 2. The Kier molecular flexibility index (Phi) is 5.02. The fourth-order valence-corrected chi connectivity index (χ4v) is 2.21. The third kappa shape index (κ3) is 4.41. The molecule has 7 nitrogen and oxygen atoms in total. The largest absolute Gasteiger partial charge is 0.347 e. The van der Waals surface area contributed by atoms with Gasteiger partial charge in [-0.1, -0.05) is 0 Å². The lowest BCUT2D eigenvalue weighted by Crippen LogP contribution is -2.40. The van der Waals surface area contributed by atoms with Crippen LogP contribution >= 0.6 is 0 Å². The van der Waals surface area contributed by atoms with Crippen molar-refractivity contribution < 1.29 is 9.59 Å². The second-order valence-electron chi connectivity index (χ2n) is 6.78. The Morgan fingerprint density at radius 3 is 2.08 bits per heavy atom. The van der Waals surface area contributed by atoms with Crippen molar-refractivity contribution in [1.82, 2.24) is 25.4 Å². The summed E-state index contributed by atoms with van der Waals surface area (Å²) in [5.41, 5.74) is 0.692. The zero-order chi connectivity index (χ0) is 17.9. The van der Waals surface area contributed by atoms with Crippen LogP contribution in [0.2, 0.25) is 0 Å². The molecule has 0 saturated heterocycles. The number of aromatic nitrogens is 3. The van der Waals surface area contributed by atoms with Crippen molar-refractivity contribution in [3.05, 3.63) is 47.5 Å². The predicted molar refractivity (Wildman–Crippen MR) is 90.5 cm³/mol. The van der Waals surface area contributed by atoms with Gasteiger partial charge in [0.1, 0.15) is 6.33 Å². The van der Waals surface area contributed by atoms with Crippen LogP contribution in [-0.4, -0.2) is 32.1 Å². The summed E-state index contributed by atoms with van der Waals surface area (Å²) >= 11 is 0. The maximum Gasteiger partial charge on any atom is 0.251 e. The molecule has 0 bridgehead atoms. The number of hydrogen-bond acceptors (Lipinski definition) is 4. The summed E-state index contributed by atoms with van der Waals surface area (Å²) in [4.78, 5) is 24.4. The second kappa shape index (κ2) is 6.82. The van der Waals surface area contributed by atoms with E-state index in [4.69, 9.17) is 0 Å². The summed E-state index contributed by atoms with van der Waals surface area (Å²) < 4.78 is 1.75. The molecule has 0 aliphatic carbocycles. The fourth-order valence-electron chi connectivity index (χ4n) is 2.21. The third-order valence-corrected chi connectivity index (χ3v) is 3.38. The molecule has 2 N–H and O–H groups in total. The fraction of sp³-hybridized carbons (Fsp3) is 0.412. The van der Waals surface area contributed by atoms with Crippen molar-refractivity contribution in [3.63, 3.8) is 0 Å². The maximum absolute atomic E-state index is 12.3. The highest BCUT2D eigenvalue weighted by Gasteiger charge is 2.17. The van der Waals surface area contributed by atoms with E-state index in [0.29, 0.717) is 17.0 Å². The van der Waals surface area contributed by atoms with Gasteiger partial charge in [0.05, 0.1) is 6.04 Å². The highest BCUT2D eigenvalue weighted by molar-refractivity contribution is 5.98. The van der Waals surface area contributed by atoms with Crippen molar-refractivity contribution >= 4 is 11.8 Å². The van der Waals surface area contributed by atoms with Crippen LogP contribution in [0.3, 0.4) is 0 Å². The summed E-state index contributed by atoms with van der Waals surface area (Å²) in [5, 5.41) is 13.5. The molecule has 0 unspecified atom stereocenters. The van der Waals surface area contributed by atoms with E-state index in [-0.39, 0.29) is 23.4 Å². The number of carbonyl (C=O) groups excluding carboxylic acids is 2. The number of hydrogen-bond donors (Lipinski definition) is 2. The minimum Gasteiger partial charge on any atom is -0.347 e. The summed E-state index contributed by atoms with van der Waals surface area (Å²) in [7, 11) is 1.82. The Morgan fingerprint density at radius 2 is 1.62 bits per heavy atom. The van der Waals surface area contributed by atoms with Gasteiger partial charge in [0.25, 0.3) is 11.8 Å². The summed E-state index contributed by atoms with van der Waals surface area (Å²) in [6, 6.07) is 6.28. The number of nitrogens with zero attached hydrogens (tertiary/aromatic N) is 3. The molecule has 0 spiro atoms. The van der Waals surface area contributed by atoms with E-state index in [2.05, 4.69) is 20.8 Å². The molecule has 1 heterocycles. The molecule has 7 heteroatoms. The molecule has 2 rings (SSSR count). The first kappa shape index (κ1) is 17.7. The van der Waals surface area contributed by atoms with Gasteiger partial charge in [-0.15, -0.1) is 10.2 Å². The Morgan fingerprint density at radius 1 is 1.08 bits per heavy atom. The van der Waals surface area contributed by atoms with E-state index >= 15 is 0 Å². The van der Waals surface area contributed by atoms with Crippen LogP contribution in [0, 0.1) is 0 Å². The van der Waals surface area contributed by atoms with Gasteiger partial charge in [0, 0.05) is 23.7 Å². The van der Waals surface area contributed by atoms with E-state index in [1.54, 1.807) is 35.2 Å². The van der Waals surface area contributed by atoms with Gasteiger partial charge >= 0.3 is 0 Å². The summed E-state index contributed by atoms with van der Waals surface area (Å²) in [6.07, 6.45) is 1.58. The Labute approximate surface area is 141 Å². The first-order chi connectivity index (χ1) is 11.2.